The molecule has 0 spiro atoms. The van der Waals surface area contributed by atoms with Crippen molar-refractivity contribution in [3.8, 4) is 0 Å². The van der Waals surface area contributed by atoms with E-state index in [0.29, 0.717) is 37.6 Å². The van der Waals surface area contributed by atoms with Crippen LogP contribution in [0.1, 0.15) is 6.92 Å². The van der Waals surface area contributed by atoms with Crippen LogP contribution in [0, 0.1) is 5.82 Å². The Hall–Kier alpha value is -3.63. The fourth-order valence-corrected chi connectivity index (χ4v) is 3.43. The highest BCUT2D eigenvalue weighted by molar-refractivity contribution is 5.94. The summed E-state index contributed by atoms with van der Waals surface area (Å²) in [4.78, 5) is 50.2. The van der Waals surface area contributed by atoms with Crippen LogP contribution in [0.4, 0.5) is 20.6 Å². The SMILES string of the molecule is CC(=O)NC[C@H]1CN(c2ccc(N3CCN(C(=O)C=CC(=O)O)CC3)c(F)c2)C(=O)O1. The summed E-state index contributed by atoms with van der Waals surface area (Å²) >= 11 is 0. The molecule has 1 atom stereocenters. The Balaban J connectivity index is 1.60. The minimum atomic E-state index is -1.20. The van der Waals surface area contributed by atoms with Crippen LogP contribution in [-0.2, 0) is 19.1 Å². The number of carboxylic acid groups (broad SMARTS) is 1. The molecule has 2 N–H and O–H groups in total. The van der Waals surface area contributed by atoms with Gasteiger partial charge < -0.3 is 25.0 Å². The van der Waals surface area contributed by atoms with Crippen LogP contribution < -0.4 is 15.1 Å². The van der Waals surface area contributed by atoms with Gasteiger partial charge in [0.15, 0.2) is 0 Å². The van der Waals surface area contributed by atoms with E-state index in [1.165, 1.54) is 22.8 Å². The van der Waals surface area contributed by atoms with Gasteiger partial charge in [-0.2, -0.15) is 0 Å². The van der Waals surface area contributed by atoms with Crippen molar-refractivity contribution < 1.29 is 33.4 Å². The quantitative estimate of drug-likeness (QED) is 0.629. The van der Waals surface area contributed by atoms with Gasteiger partial charge in [0.1, 0.15) is 11.9 Å². The van der Waals surface area contributed by atoms with E-state index in [1.54, 1.807) is 17.0 Å². The topological polar surface area (TPSA) is 119 Å². The molecule has 166 valence electrons. The van der Waals surface area contributed by atoms with Crippen molar-refractivity contribution in [1.29, 1.82) is 0 Å². The average Bonchev–Trinajstić information content (AvgIpc) is 3.11. The third-order valence-electron chi connectivity index (χ3n) is 5.00. The van der Waals surface area contributed by atoms with Crippen molar-refractivity contribution in [2.75, 3.05) is 49.1 Å². The average molecular weight is 434 g/mol. The second-order valence-corrected chi connectivity index (χ2v) is 7.17. The van der Waals surface area contributed by atoms with Crippen LogP contribution in [0.5, 0.6) is 0 Å². The second-order valence-electron chi connectivity index (χ2n) is 7.17. The number of carboxylic acids is 1. The fourth-order valence-electron chi connectivity index (χ4n) is 3.43. The van der Waals surface area contributed by atoms with Gasteiger partial charge in [-0.25, -0.2) is 14.0 Å². The molecular weight excluding hydrogens is 411 g/mol. The summed E-state index contributed by atoms with van der Waals surface area (Å²) in [7, 11) is 0. The normalized spacial score (nSPS) is 19.0. The van der Waals surface area contributed by atoms with Gasteiger partial charge >= 0.3 is 12.1 Å². The van der Waals surface area contributed by atoms with Crippen molar-refractivity contribution in [2.24, 2.45) is 0 Å². The molecule has 0 bridgehead atoms. The second kappa shape index (κ2) is 9.45. The molecule has 3 rings (SSSR count). The number of hydrogen-bond acceptors (Lipinski definition) is 6. The summed E-state index contributed by atoms with van der Waals surface area (Å²) in [6.07, 6.45) is 0.669. The van der Waals surface area contributed by atoms with Gasteiger partial charge in [0.2, 0.25) is 11.8 Å². The van der Waals surface area contributed by atoms with E-state index in [0.717, 1.165) is 12.2 Å². The van der Waals surface area contributed by atoms with Gasteiger partial charge in [0, 0.05) is 45.3 Å². The third kappa shape index (κ3) is 5.50. The number of piperazine rings is 1. The predicted octanol–water partition coefficient (Wildman–Crippen LogP) is 0.576. The molecule has 0 unspecified atom stereocenters. The maximum atomic E-state index is 14.8. The maximum Gasteiger partial charge on any atom is 0.414 e. The zero-order valence-corrected chi connectivity index (χ0v) is 16.9. The summed E-state index contributed by atoms with van der Waals surface area (Å²) in [5.41, 5.74) is 0.698. The Morgan fingerprint density at radius 1 is 1.23 bits per heavy atom. The molecule has 2 aliphatic rings. The first-order valence-corrected chi connectivity index (χ1v) is 9.71. The number of halogens is 1. The van der Waals surface area contributed by atoms with Crippen molar-refractivity contribution >= 4 is 35.3 Å². The molecule has 10 nitrogen and oxygen atoms in total. The van der Waals surface area contributed by atoms with Gasteiger partial charge in [-0.15, -0.1) is 0 Å². The van der Waals surface area contributed by atoms with E-state index < -0.39 is 29.9 Å². The van der Waals surface area contributed by atoms with Crippen molar-refractivity contribution in [3.05, 3.63) is 36.2 Å². The molecular formula is C20H23FN4O6. The standard InChI is InChI=1S/C20H23FN4O6/c1-13(26)22-11-15-12-25(20(30)31-15)14-2-3-17(16(21)10-14)23-6-8-24(9-7-23)18(27)4-5-19(28)29/h2-5,10,15H,6-9,11-12H2,1H3,(H,22,26)(H,28,29)/t15-/m0/s1. The highest BCUT2D eigenvalue weighted by atomic mass is 19.1. The first-order chi connectivity index (χ1) is 14.7. The molecule has 0 aliphatic carbocycles. The van der Waals surface area contributed by atoms with E-state index in [-0.39, 0.29) is 19.0 Å². The molecule has 3 amide bonds. The van der Waals surface area contributed by atoms with Gasteiger partial charge in [-0.1, -0.05) is 0 Å². The molecule has 1 aromatic carbocycles. The highest BCUT2D eigenvalue weighted by Crippen LogP contribution is 2.28. The number of carbonyl (C=O) groups is 4. The van der Waals surface area contributed by atoms with Crippen LogP contribution in [0.25, 0.3) is 0 Å². The van der Waals surface area contributed by atoms with Crippen LogP contribution in [-0.4, -0.2) is 79.3 Å². The molecule has 0 aromatic heterocycles. The van der Waals surface area contributed by atoms with Crippen LogP contribution in [0.2, 0.25) is 0 Å². The first kappa shape index (κ1) is 22.1. The monoisotopic (exact) mass is 434 g/mol. The number of ether oxygens (including phenoxy) is 1. The summed E-state index contributed by atoms with van der Waals surface area (Å²) in [6.45, 7) is 3.16. The van der Waals surface area contributed by atoms with E-state index in [2.05, 4.69) is 5.32 Å². The fraction of sp³-hybridized carbons (Fsp3) is 0.400. The summed E-state index contributed by atoms with van der Waals surface area (Å²) in [5, 5.41) is 11.2. The zero-order chi connectivity index (χ0) is 22.5. The zero-order valence-electron chi connectivity index (χ0n) is 16.9. The Kier molecular flexibility index (Phi) is 6.73. The molecule has 2 fully saturated rings. The summed E-state index contributed by atoms with van der Waals surface area (Å²) in [5.74, 6) is -2.34. The number of carbonyl (C=O) groups excluding carboxylic acids is 3. The van der Waals surface area contributed by atoms with Crippen molar-refractivity contribution in [1.82, 2.24) is 10.2 Å². The van der Waals surface area contributed by atoms with Crippen LogP contribution >= 0.6 is 0 Å². The number of benzene rings is 1. The summed E-state index contributed by atoms with van der Waals surface area (Å²) < 4.78 is 20.0. The summed E-state index contributed by atoms with van der Waals surface area (Å²) in [6, 6.07) is 4.44. The molecule has 2 aliphatic heterocycles. The lowest BCUT2D eigenvalue weighted by Crippen LogP contribution is -2.48. The van der Waals surface area contributed by atoms with E-state index in [4.69, 9.17) is 9.84 Å². The van der Waals surface area contributed by atoms with E-state index >= 15 is 0 Å². The number of anilines is 2. The first-order valence-electron chi connectivity index (χ1n) is 9.71. The van der Waals surface area contributed by atoms with Crippen molar-refractivity contribution in [3.63, 3.8) is 0 Å². The molecule has 1 aromatic rings. The Labute approximate surface area is 177 Å². The van der Waals surface area contributed by atoms with E-state index in [9.17, 15) is 23.6 Å². The lowest BCUT2D eigenvalue weighted by molar-refractivity contribution is -0.132. The Morgan fingerprint density at radius 3 is 2.55 bits per heavy atom. The maximum absolute atomic E-state index is 14.8. The number of aliphatic carboxylic acids is 1. The van der Waals surface area contributed by atoms with Gasteiger partial charge in [-0.05, 0) is 18.2 Å². The molecule has 2 saturated heterocycles. The Morgan fingerprint density at radius 2 is 1.94 bits per heavy atom. The number of hydrogen-bond donors (Lipinski definition) is 2. The molecule has 11 heteroatoms. The molecule has 0 radical (unpaired) electrons. The number of rotatable bonds is 6. The lowest BCUT2D eigenvalue weighted by Gasteiger charge is -2.36. The Bertz CT molecular complexity index is 913. The number of amides is 3. The number of nitrogens with zero attached hydrogens (tertiary/aromatic N) is 3. The minimum Gasteiger partial charge on any atom is -0.478 e. The predicted molar refractivity (Wildman–Crippen MR) is 108 cm³/mol. The van der Waals surface area contributed by atoms with Gasteiger partial charge in [0.05, 0.1) is 24.5 Å². The van der Waals surface area contributed by atoms with Crippen LogP contribution in [0.3, 0.4) is 0 Å². The molecule has 2 heterocycles. The van der Waals surface area contributed by atoms with Gasteiger partial charge in [0.25, 0.3) is 0 Å². The third-order valence-corrected chi connectivity index (χ3v) is 5.00. The number of cyclic esters (lactones) is 1. The molecule has 31 heavy (non-hydrogen) atoms. The number of nitrogens with one attached hydrogen (secondary N) is 1. The van der Waals surface area contributed by atoms with E-state index in [1.807, 2.05) is 0 Å². The lowest BCUT2D eigenvalue weighted by atomic mass is 10.2. The largest absolute Gasteiger partial charge is 0.478 e. The highest BCUT2D eigenvalue weighted by Gasteiger charge is 2.33. The smallest absolute Gasteiger partial charge is 0.414 e. The molecule has 0 saturated carbocycles. The minimum absolute atomic E-state index is 0.183. The van der Waals surface area contributed by atoms with Crippen molar-refractivity contribution in [2.45, 2.75) is 13.0 Å². The van der Waals surface area contributed by atoms with Gasteiger partial charge in [-0.3, -0.25) is 14.5 Å². The van der Waals surface area contributed by atoms with Crippen LogP contribution in [0.15, 0.2) is 30.4 Å².